The molecule has 31 heavy (non-hydrogen) atoms. The smallest absolute Gasteiger partial charge is 0.332 e. The van der Waals surface area contributed by atoms with Crippen LogP contribution in [0.15, 0.2) is 58.3 Å². The molecule has 6 heteroatoms. The van der Waals surface area contributed by atoms with E-state index in [1.54, 1.807) is 13.3 Å². The standard InChI is InChI=1S/C25H25N3O3/c1-16-7-5-8-17(13-16)15-27-24(29)20-14-26-22-19(11-6-12-21(22)31-2)23(20)28(25(27)30)18-9-3-4-10-18/h5-8,11-14,18H,3-4,9-10,15H2,1-2H3. The molecule has 0 saturated heterocycles. The van der Waals surface area contributed by atoms with Gasteiger partial charge in [-0.2, -0.15) is 0 Å². The van der Waals surface area contributed by atoms with Gasteiger partial charge in [0.1, 0.15) is 11.3 Å². The minimum Gasteiger partial charge on any atom is -0.494 e. The summed E-state index contributed by atoms with van der Waals surface area (Å²) < 4.78 is 8.70. The minimum absolute atomic E-state index is 0.0798. The van der Waals surface area contributed by atoms with Crippen LogP contribution in [0.2, 0.25) is 0 Å². The molecule has 2 aromatic heterocycles. The van der Waals surface area contributed by atoms with Gasteiger partial charge in [-0.15, -0.1) is 0 Å². The zero-order chi connectivity index (χ0) is 21.5. The van der Waals surface area contributed by atoms with Crippen LogP contribution in [0.4, 0.5) is 0 Å². The van der Waals surface area contributed by atoms with E-state index in [1.165, 1.54) is 4.57 Å². The van der Waals surface area contributed by atoms with Gasteiger partial charge in [0.15, 0.2) is 0 Å². The summed E-state index contributed by atoms with van der Waals surface area (Å²) in [6.07, 6.45) is 5.64. The van der Waals surface area contributed by atoms with E-state index in [1.807, 2.05) is 54.0 Å². The van der Waals surface area contributed by atoms with Crippen molar-refractivity contribution in [1.29, 1.82) is 0 Å². The van der Waals surface area contributed by atoms with Gasteiger partial charge in [-0.25, -0.2) is 4.79 Å². The molecule has 0 spiro atoms. The molecule has 5 rings (SSSR count). The Hall–Kier alpha value is -3.41. The number of benzene rings is 2. The lowest BCUT2D eigenvalue weighted by molar-refractivity contribution is 0.419. The second kappa shape index (κ2) is 7.69. The summed E-state index contributed by atoms with van der Waals surface area (Å²) in [7, 11) is 1.60. The Morgan fingerprint density at radius 3 is 2.58 bits per heavy atom. The van der Waals surface area contributed by atoms with Crippen LogP contribution in [0.5, 0.6) is 5.75 Å². The summed E-state index contributed by atoms with van der Waals surface area (Å²) in [4.78, 5) is 31.8. The van der Waals surface area contributed by atoms with E-state index in [4.69, 9.17) is 4.74 Å². The maximum atomic E-state index is 13.8. The van der Waals surface area contributed by atoms with Gasteiger partial charge >= 0.3 is 5.69 Å². The van der Waals surface area contributed by atoms with Crippen LogP contribution < -0.4 is 16.0 Å². The van der Waals surface area contributed by atoms with E-state index in [0.717, 1.165) is 42.2 Å². The number of ether oxygens (including phenoxy) is 1. The Morgan fingerprint density at radius 1 is 1.06 bits per heavy atom. The van der Waals surface area contributed by atoms with Crippen molar-refractivity contribution in [1.82, 2.24) is 14.1 Å². The van der Waals surface area contributed by atoms with Crippen LogP contribution in [0.1, 0.15) is 42.9 Å². The highest BCUT2D eigenvalue weighted by Gasteiger charge is 2.25. The van der Waals surface area contributed by atoms with Crippen molar-refractivity contribution in [3.8, 4) is 5.75 Å². The van der Waals surface area contributed by atoms with Gasteiger partial charge in [-0.3, -0.25) is 18.9 Å². The molecule has 0 atom stereocenters. The Kier molecular flexibility index (Phi) is 4.85. The molecular weight excluding hydrogens is 390 g/mol. The number of nitrogens with zero attached hydrogens (tertiary/aromatic N) is 3. The van der Waals surface area contributed by atoms with Crippen molar-refractivity contribution in [3.05, 3.63) is 80.6 Å². The monoisotopic (exact) mass is 415 g/mol. The molecular formula is C25H25N3O3. The normalized spacial score (nSPS) is 14.5. The predicted octanol–water partition coefficient (Wildman–Crippen LogP) is 4.19. The van der Waals surface area contributed by atoms with E-state index in [-0.39, 0.29) is 23.8 Å². The van der Waals surface area contributed by atoms with E-state index < -0.39 is 0 Å². The van der Waals surface area contributed by atoms with Crippen LogP contribution in [0.3, 0.4) is 0 Å². The number of para-hydroxylation sites is 1. The highest BCUT2D eigenvalue weighted by Crippen LogP contribution is 2.34. The number of methoxy groups -OCH3 is 1. The van der Waals surface area contributed by atoms with E-state index in [9.17, 15) is 9.59 Å². The van der Waals surface area contributed by atoms with Crippen molar-refractivity contribution in [2.45, 2.75) is 45.2 Å². The largest absolute Gasteiger partial charge is 0.494 e. The molecule has 158 valence electrons. The molecule has 6 nitrogen and oxygen atoms in total. The number of rotatable bonds is 4. The maximum absolute atomic E-state index is 13.8. The minimum atomic E-state index is -0.298. The molecule has 0 N–H and O–H groups in total. The Morgan fingerprint density at radius 2 is 1.84 bits per heavy atom. The lowest BCUT2D eigenvalue weighted by Crippen LogP contribution is -2.41. The Labute approximate surface area is 179 Å². The first kappa shape index (κ1) is 19.5. The molecule has 1 aliphatic carbocycles. The Balaban J connectivity index is 1.86. The molecule has 0 radical (unpaired) electrons. The SMILES string of the molecule is COc1cccc2c1ncc1c(=O)n(Cc3cccc(C)c3)c(=O)n(C3CCCC3)c12. The summed E-state index contributed by atoms with van der Waals surface area (Å²) in [5, 5.41) is 1.25. The van der Waals surface area contributed by atoms with Gasteiger partial charge in [0, 0.05) is 17.6 Å². The van der Waals surface area contributed by atoms with Gasteiger partial charge < -0.3 is 4.74 Å². The number of fused-ring (bicyclic) bond motifs is 3. The highest BCUT2D eigenvalue weighted by atomic mass is 16.5. The summed E-state index contributed by atoms with van der Waals surface area (Å²) in [5.74, 6) is 0.633. The topological polar surface area (TPSA) is 66.1 Å². The van der Waals surface area contributed by atoms with E-state index in [2.05, 4.69) is 4.98 Å². The van der Waals surface area contributed by atoms with Gasteiger partial charge in [-0.05, 0) is 31.4 Å². The molecule has 0 amide bonds. The number of aromatic nitrogens is 3. The molecule has 4 aromatic rings. The lowest BCUT2D eigenvalue weighted by Gasteiger charge is -2.20. The van der Waals surface area contributed by atoms with Crippen LogP contribution >= 0.6 is 0 Å². The fourth-order valence-electron chi connectivity index (χ4n) is 4.85. The number of pyridine rings is 1. The second-order valence-corrected chi connectivity index (χ2v) is 8.35. The highest BCUT2D eigenvalue weighted by molar-refractivity contribution is 6.04. The third-order valence-electron chi connectivity index (χ3n) is 6.32. The third-order valence-corrected chi connectivity index (χ3v) is 6.32. The zero-order valence-electron chi connectivity index (χ0n) is 17.8. The molecule has 1 saturated carbocycles. The van der Waals surface area contributed by atoms with Gasteiger partial charge in [0.05, 0.1) is 24.6 Å². The summed E-state index contributed by atoms with van der Waals surface area (Å²) in [6.45, 7) is 2.26. The van der Waals surface area contributed by atoms with Crippen molar-refractivity contribution in [2.24, 2.45) is 0 Å². The molecule has 0 aliphatic heterocycles. The van der Waals surface area contributed by atoms with Crippen LogP contribution in [0, 0.1) is 6.92 Å². The Bertz CT molecular complexity index is 1410. The molecule has 0 bridgehead atoms. The van der Waals surface area contributed by atoms with Crippen molar-refractivity contribution in [2.75, 3.05) is 7.11 Å². The quantitative estimate of drug-likeness (QED) is 0.469. The van der Waals surface area contributed by atoms with Gasteiger partial charge in [0.25, 0.3) is 5.56 Å². The maximum Gasteiger partial charge on any atom is 0.332 e. The van der Waals surface area contributed by atoms with E-state index in [0.29, 0.717) is 22.2 Å². The van der Waals surface area contributed by atoms with Crippen molar-refractivity contribution >= 4 is 21.8 Å². The van der Waals surface area contributed by atoms with Crippen molar-refractivity contribution in [3.63, 3.8) is 0 Å². The molecule has 1 aliphatic rings. The second-order valence-electron chi connectivity index (χ2n) is 8.35. The molecule has 0 unspecified atom stereocenters. The molecule has 2 heterocycles. The van der Waals surface area contributed by atoms with Gasteiger partial charge in [0.2, 0.25) is 0 Å². The fourth-order valence-corrected chi connectivity index (χ4v) is 4.85. The van der Waals surface area contributed by atoms with Crippen LogP contribution in [-0.2, 0) is 6.54 Å². The molecule has 1 fully saturated rings. The summed E-state index contributed by atoms with van der Waals surface area (Å²) in [5.41, 5.74) is 2.83. The average molecular weight is 415 g/mol. The molecule has 2 aromatic carbocycles. The number of aryl methyl sites for hydroxylation is 1. The summed E-state index contributed by atoms with van der Waals surface area (Å²) in [6, 6.07) is 13.6. The number of hydrogen-bond donors (Lipinski definition) is 0. The third kappa shape index (κ3) is 3.23. The first-order valence-electron chi connectivity index (χ1n) is 10.7. The van der Waals surface area contributed by atoms with E-state index >= 15 is 0 Å². The van der Waals surface area contributed by atoms with Crippen LogP contribution in [0.25, 0.3) is 21.8 Å². The zero-order valence-corrected chi connectivity index (χ0v) is 17.8. The first-order chi connectivity index (χ1) is 15.1. The lowest BCUT2D eigenvalue weighted by atomic mass is 10.1. The van der Waals surface area contributed by atoms with Crippen molar-refractivity contribution < 1.29 is 4.74 Å². The first-order valence-corrected chi connectivity index (χ1v) is 10.7. The fraction of sp³-hybridized carbons (Fsp3) is 0.320. The average Bonchev–Trinajstić information content (AvgIpc) is 3.30. The van der Waals surface area contributed by atoms with Crippen LogP contribution in [-0.4, -0.2) is 21.2 Å². The number of hydrogen-bond acceptors (Lipinski definition) is 4. The predicted molar refractivity (Wildman–Crippen MR) is 122 cm³/mol. The van der Waals surface area contributed by atoms with Gasteiger partial charge in [-0.1, -0.05) is 54.8 Å². The summed E-state index contributed by atoms with van der Waals surface area (Å²) >= 11 is 0.